The first-order valence-electron chi connectivity index (χ1n) is 6.90. The van der Waals surface area contributed by atoms with E-state index in [0.29, 0.717) is 0 Å². The van der Waals surface area contributed by atoms with Crippen LogP contribution in [0.3, 0.4) is 0 Å². The van der Waals surface area contributed by atoms with E-state index >= 15 is 0 Å². The zero-order valence-electron chi connectivity index (χ0n) is 12.2. The van der Waals surface area contributed by atoms with E-state index in [1.54, 1.807) is 0 Å². The van der Waals surface area contributed by atoms with Crippen molar-refractivity contribution in [2.24, 2.45) is 0 Å². The third kappa shape index (κ3) is 3.10. The van der Waals surface area contributed by atoms with Gasteiger partial charge in [0.1, 0.15) is 42.2 Å². The van der Waals surface area contributed by atoms with Gasteiger partial charge in [-0.1, -0.05) is 0 Å². The Bertz CT molecular complexity index is 382. The van der Waals surface area contributed by atoms with E-state index < -0.39 is 74.3 Å². The topological polar surface area (TPSA) is 212 Å². The van der Waals surface area contributed by atoms with E-state index in [-0.39, 0.29) is 0 Å². The average Bonchev–Trinajstić information content (AvgIpc) is 2.84. The van der Waals surface area contributed by atoms with Gasteiger partial charge in [0, 0.05) is 0 Å². The van der Waals surface area contributed by atoms with Gasteiger partial charge in [-0.3, -0.25) is 0 Å². The fraction of sp³-hybridized carbons (Fsp3) is 1.00. The van der Waals surface area contributed by atoms with Gasteiger partial charge < -0.3 is 55.8 Å². The van der Waals surface area contributed by atoms with Crippen molar-refractivity contribution in [3.63, 3.8) is 0 Å². The molecule has 0 unspecified atom stereocenters. The number of hydrogen-bond donors (Lipinski definition) is 10. The van der Waals surface area contributed by atoms with Crippen LogP contribution in [-0.4, -0.2) is 125 Å². The van der Waals surface area contributed by atoms with E-state index in [1.807, 2.05) is 0 Å². The summed E-state index contributed by atoms with van der Waals surface area (Å²) in [6, 6.07) is 0. The van der Waals surface area contributed by atoms with Crippen LogP contribution in [0.25, 0.3) is 0 Å². The van der Waals surface area contributed by atoms with Gasteiger partial charge in [0.25, 0.3) is 0 Å². The van der Waals surface area contributed by atoms with Crippen LogP contribution < -0.4 is 0 Å². The van der Waals surface area contributed by atoms with Crippen LogP contribution in [0.5, 0.6) is 0 Å². The van der Waals surface area contributed by atoms with Crippen LogP contribution in [-0.2, 0) is 4.74 Å². The second kappa shape index (κ2) is 7.63. The minimum Gasteiger partial charge on any atom is -0.394 e. The molecule has 1 fully saturated rings. The zero-order valence-corrected chi connectivity index (χ0v) is 12.2. The summed E-state index contributed by atoms with van der Waals surface area (Å²) in [6.45, 7) is -4.36. The van der Waals surface area contributed by atoms with Crippen LogP contribution in [0, 0.1) is 0 Å². The Labute approximate surface area is 131 Å². The smallest absolute Gasteiger partial charge is 0.153 e. The van der Waals surface area contributed by atoms with Gasteiger partial charge in [0.2, 0.25) is 0 Å². The lowest BCUT2D eigenvalue weighted by atomic mass is 9.73. The average molecular weight is 344 g/mol. The summed E-state index contributed by atoms with van der Waals surface area (Å²) < 4.78 is 5.09. The Morgan fingerprint density at radius 3 is 1.96 bits per heavy atom. The molecular formula is C12H24O11. The maximum atomic E-state index is 10.6. The first kappa shape index (κ1) is 20.6. The molecule has 0 amide bonds. The van der Waals surface area contributed by atoms with Gasteiger partial charge in [0.05, 0.1) is 26.4 Å². The molecule has 0 radical (unpaired) electrons. The van der Waals surface area contributed by atoms with Crippen molar-refractivity contribution >= 4 is 0 Å². The van der Waals surface area contributed by atoms with E-state index in [2.05, 4.69) is 0 Å². The molecule has 8 atom stereocenters. The summed E-state index contributed by atoms with van der Waals surface area (Å²) in [6.07, 6.45) is -11.7. The molecule has 1 rings (SSSR count). The molecule has 0 saturated carbocycles. The van der Waals surface area contributed by atoms with Crippen molar-refractivity contribution in [1.29, 1.82) is 0 Å². The van der Waals surface area contributed by atoms with Gasteiger partial charge >= 0.3 is 0 Å². The van der Waals surface area contributed by atoms with Crippen LogP contribution in [0.1, 0.15) is 0 Å². The van der Waals surface area contributed by atoms with Gasteiger partial charge in [-0.05, 0) is 0 Å². The van der Waals surface area contributed by atoms with Crippen LogP contribution >= 0.6 is 0 Å². The molecule has 11 nitrogen and oxygen atoms in total. The maximum Gasteiger partial charge on any atom is 0.153 e. The molecule has 11 heteroatoms. The highest BCUT2D eigenvalue weighted by atomic mass is 16.6. The van der Waals surface area contributed by atoms with Gasteiger partial charge in [-0.25, -0.2) is 0 Å². The first-order valence-corrected chi connectivity index (χ1v) is 6.90. The molecule has 0 spiro atoms. The Balaban J connectivity index is 3.27. The van der Waals surface area contributed by atoms with Gasteiger partial charge in [0.15, 0.2) is 5.60 Å². The third-order valence-corrected chi connectivity index (χ3v) is 4.33. The summed E-state index contributed by atoms with van der Waals surface area (Å²) in [5, 5.41) is 96.5. The monoisotopic (exact) mass is 344 g/mol. The van der Waals surface area contributed by atoms with Crippen molar-refractivity contribution in [3.8, 4) is 0 Å². The molecule has 1 saturated heterocycles. The second-order valence-electron chi connectivity index (χ2n) is 5.59. The largest absolute Gasteiger partial charge is 0.394 e. The molecular weight excluding hydrogens is 320 g/mol. The standard InChI is InChI=1S/C12H24O11/c13-1-5(17)7(18)9(20)11(22,3-15)12(4-16)10(21)8(19)6(2-14)23-12/h5-10,13-22H,1-4H2/t5-,6-,7-,8-,9+,10+,11+,12-/m1/s1. The molecule has 1 heterocycles. The summed E-state index contributed by atoms with van der Waals surface area (Å²) in [7, 11) is 0. The molecule has 0 aromatic carbocycles. The molecule has 10 N–H and O–H groups in total. The van der Waals surface area contributed by atoms with Gasteiger partial charge in [-0.15, -0.1) is 0 Å². The number of ether oxygens (including phenoxy) is 1. The number of aliphatic hydroxyl groups is 10. The summed E-state index contributed by atoms with van der Waals surface area (Å²) in [5.74, 6) is 0. The predicted octanol–water partition coefficient (Wildman–Crippen LogP) is -6.37. The van der Waals surface area contributed by atoms with Crippen molar-refractivity contribution in [3.05, 3.63) is 0 Å². The Morgan fingerprint density at radius 2 is 1.61 bits per heavy atom. The predicted molar refractivity (Wildman–Crippen MR) is 70.9 cm³/mol. The normalized spacial score (nSPS) is 38.1. The van der Waals surface area contributed by atoms with E-state index in [0.717, 1.165) is 0 Å². The zero-order chi connectivity index (χ0) is 18.0. The lowest BCUT2D eigenvalue weighted by Crippen LogP contribution is -2.73. The molecule has 0 aromatic rings. The SMILES string of the molecule is OC[C@@H](O)[C@@H](O)[C@H](O)[C@@](O)(CO)[C@]1(CO)O[C@H](CO)[C@@H](O)[C@@H]1O. The van der Waals surface area contributed by atoms with Crippen LogP contribution in [0.15, 0.2) is 0 Å². The van der Waals surface area contributed by atoms with Crippen molar-refractivity contribution in [2.75, 3.05) is 26.4 Å². The minimum atomic E-state index is -2.94. The maximum absolute atomic E-state index is 10.6. The van der Waals surface area contributed by atoms with E-state index in [9.17, 15) is 40.9 Å². The fourth-order valence-electron chi connectivity index (χ4n) is 2.74. The quantitative estimate of drug-likeness (QED) is 0.200. The van der Waals surface area contributed by atoms with E-state index in [4.69, 9.17) is 14.9 Å². The Morgan fingerprint density at radius 1 is 1.04 bits per heavy atom. The van der Waals surface area contributed by atoms with Crippen molar-refractivity contribution < 1.29 is 55.8 Å². The lowest BCUT2D eigenvalue weighted by molar-refractivity contribution is -0.284. The number of rotatable bonds is 8. The number of aliphatic hydroxyl groups excluding tert-OH is 9. The van der Waals surface area contributed by atoms with Crippen LogP contribution in [0.4, 0.5) is 0 Å². The fourth-order valence-corrected chi connectivity index (χ4v) is 2.74. The molecule has 23 heavy (non-hydrogen) atoms. The number of hydrogen-bond acceptors (Lipinski definition) is 11. The Kier molecular flexibility index (Phi) is 6.84. The highest BCUT2D eigenvalue weighted by Crippen LogP contribution is 2.42. The minimum absolute atomic E-state index is 0.806. The molecule has 0 aliphatic carbocycles. The molecule has 0 aromatic heterocycles. The lowest BCUT2D eigenvalue weighted by Gasteiger charge is -2.47. The molecule has 1 aliphatic heterocycles. The molecule has 0 bridgehead atoms. The Hall–Kier alpha value is -0.440. The summed E-state index contributed by atoms with van der Waals surface area (Å²) >= 11 is 0. The highest BCUT2D eigenvalue weighted by Gasteiger charge is 2.67. The van der Waals surface area contributed by atoms with Crippen molar-refractivity contribution in [1.82, 2.24) is 0 Å². The van der Waals surface area contributed by atoms with Gasteiger partial charge in [-0.2, -0.15) is 0 Å². The molecule has 1 aliphatic rings. The van der Waals surface area contributed by atoms with Crippen molar-refractivity contribution in [2.45, 2.75) is 47.8 Å². The third-order valence-electron chi connectivity index (χ3n) is 4.33. The highest BCUT2D eigenvalue weighted by molar-refractivity contribution is 5.16. The molecule has 138 valence electrons. The second-order valence-corrected chi connectivity index (χ2v) is 5.59. The summed E-state index contributed by atoms with van der Waals surface area (Å²) in [4.78, 5) is 0. The van der Waals surface area contributed by atoms with Crippen LogP contribution in [0.2, 0.25) is 0 Å². The summed E-state index contributed by atoms with van der Waals surface area (Å²) in [5.41, 5.74) is -5.51. The first-order chi connectivity index (χ1) is 10.7. The van der Waals surface area contributed by atoms with E-state index in [1.165, 1.54) is 0 Å².